The number of carbonyl (C=O) groups excluding carboxylic acids is 1. The van der Waals surface area contributed by atoms with E-state index in [9.17, 15) is 4.79 Å². The molecule has 0 unspecified atom stereocenters. The van der Waals surface area contributed by atoms with Crippen LogP contribution in [0.25, 0.3) is 0 Å². The summed E-state index contributed by atoms with van der Waals surface area (Å²) in [6.45, 7) is 2.18. The van der Waals surface area contributed by atoms with Crippen molar-refractivity contribution in [2.45, 2.75) is 38.5 Å². The van der Waals surface area contributed by atoms with Gasteiger partial charge < -0.3 is 9.47 Å². The number of rotatable bonds is 5. The van der Waals surface area contributed by atoms with Gasteiger partial charge in [0, 0.05) is 0 Å². The van der Waals surface area contributed by atoms with Crippen LogP contribution in [0.1, 0.15) is 54.4 Å². The fraction of sp³-hybridized carbons (Fsp3) is 0.350. The molecule has 3 heteroatoms. The Morgan fingerprint density at radius 2 is 1.52 bits per heavy atom. The summed E-state index contributed by atoms with van der Waals surface area (Å²) in [7, 11) is 0. The van der Waals surface area contributed by atoms with Crippen molar-refractivity contribution < 1.29 is 14.3 Å². The average Bonchev–Trinajstić information content (AvgIpc) is 3.11. The second-order valence-corrected chi connectivity index (χ2v) is 5.90. The molecule has 0 N–H and O–H groups in total. The number of ether oxygens (including phenoxy) is 2. The van der Waals surface area contributed by atoms with Crippen molar-refractivity contribution in [2.24, 2.45) is 0 Å². The highest BCUT2D eigenvalue weighted by atomic mass is 16.5. The summed E-state index contributed by atoms with van der Waals surface area (Å²) < 4.78 is 10.8. The number of hydrogen-bond donors (Lipinski definition) is 0. The zero-order valence-electron chi connectivity index (χ0n) is 13.5. The van der Waals surface area contributed by atoms with Gasteiger partial charge in [-0.25, -0.2) is 4.79 Å². The molecule has 0 atom stereocenters. The summed E-state index contributed by atoms with van der Waals surface area (Å²) in [5.74, 6) is 1.94. The van der Waals surface area contributed by atoms with Crippen LogP contribution in [0.5, 0.6) is 11.5 Å². The van der Waals surface area contributed by atoms with Crippen molar-refractivity contribution in [1.29, 1.82) is 0 Å². The highest BCUT2D eigenvalue weighted by Crippen LogP contribution is 2.35. The smallest absolute Gasteiger partial charge is 0.338 e. The van der Waals surface area contributed by atoms with Crippen molar-refractivity contribution in [3.63, 3.8) is 0 Å². The van der Waals surface area contributed by atoms with E-state index in [0.717, 1.165) is 5.75 Å². The van der Waals surface area contributed by atoms with E-state index in [2.05, 4.69) is 12.1 Å². The largest absolute Gasteiger partial charge is 0.462 e. The molecule has 1 aliphatic carbocycles. The maximum Gasteiger partial charge on any atom is 0.338 e. The Morgan fingerprint density at radius 1 is 0.957 bits per heavy atom. The third-order valence-electron chi connectivity index (χ3n) is 4.31. The van der Waals surface area contributed by atoms with Crippen LogP contribution in [0, 0.1) is 0 Å². The Balaban J connectivity index is 1.63. The Bertz CT molecular complexity index is 638. The van der Waals surface area contributed by atoms with Gasteiger partial charge in [-0.1, -0.05) is 25.0 Å². The highest BCUT2D eigenvalue weighted by molar-refractivity contribution is 5.89. The van der Waals surface area contributed by atoms with Crippen molar-refractivity contribution in [3.8, 4) is 11.5 Å². The average molecular weight is 310 g/mol. The summed E-state index contributed by atoms with van der Waals surface area (Å²) in [5, 5.41) is 0. The summed E-state index contributed by atoms with van der Waals surface area (Å²) >= 11 is 0. The molecule has 2 aromatic rings. The Morgan fingerprint density at radius 3 is 2.09 bits per heavy atom. The molecule has 0 aliphatic heterocycles. The Hall–Kier alpha value is -2.29. The van der Waals surface area contributed by atoms with Gasteiger partial charge in [-0.15, -0.1) is 0 Å². The van der Waals surface area contributed by atoms with Crippen molar-refractivity contribution >= 4 is 5.97 Å². The second-order valence-electron chi connectivity index (χ2n) is 5.90. The second kappa shape index (κ2) is 7.32. The van der Waals surface area contributed by atoms with Crippen LogP contribution in [-0.2, 0) is 4.74 Å². The van der Waals surface area contributed by atoms with Gasteiger partial charge in [0.05, 0.1) is 12.2 Å². The van der Waals surface area contributed by atoms with Gasteiger partial charge in [-0.3, -0.25) is 0 Å². The first-order valence-corrected chi connectivity index (χ1v) is 8.31. The van der Waals surface area contributed by atoms with E-state index in [0.29, 0.717) is 23.8 Å². The number of benzene rings is 2. The van der Waals surface area contributed by atoms with Gasteiger partial charge in [0.15, 0.2) is 0 Å². The minimum atomic E-state index is -0.306. The lowest BCUT2D eigenvalue weighted by Gasteiger charge is -2.11. The summed E-state index contributed by atoms with van der Waals surface area (Å²) in [6.07, 6.45) is 5.29. The molecule has 120 valence electrons. The van der Waals surface area contributed by atoms with Crippen molar-refractivity contribution in [2.75, 3.05) is 6.61 Å². The molecule has 1 aliphatic rings. The van der Waals surface area contributed by atoms with Gasteiger partial charge in [0.25, 0.3) is 0 Å². The Kier molecular flexibility index (Phi) is 4.96. The number of esters is 1. The fourth-order valence-electron chi connectivity index (χ4n) is 3.08. The summed E-state index contributed by atoms with van der Waals surface area (Å²) in [5.41, 5.74) is 1.95. The van der Waals surface area contributed by atoms with Crippen LogP contribution in [-0.4, -0.2) is 12.6 Å². The van der Waals surface area contributed by atoms with Crippen molar-refractivity contribution in [1.82, 2.24) is 0 Å². The molecule has 0 bridgehead atoms. The SMILES string of the molecule is CCOC(=O)c1ccc(Oc2ccc(C3CCCC3)cc2)cc1. The standard InChI is InChI=1S/C20H22O3/c1-2-22-20(21)17-9-13-19(14-10-17)23-18-11-7-16(8-12-18)15-5-3-4-6-15/h7-15H,2-6H2,1H3. The van der Waals surface area contributed by atoms with E-state index in [4.69, 9.17) is 9.47 Å². The molecule has 1 fully saturated rings. The molecule has 3 nitrogen and oxygen atoms in total. The lowest BCUT2D eigenvalue weighted by Crippen LogP contribution is -2.03. The van der Waals surface area contributed by atoms with Crippen LogP contribution in [0.3, 0.4) is 0 Å². The van der Waals surface area contributed by atoms with Crippen LogP contribution < -0.4 is 4.74 Å². The summed E-state index contributed by atoms with van der Waals surface area (Å²) in [6, 6.07) is 15.4. The third-order valence-corrected chi connectivity index (χ3v) is 4.31. The minimum absolute atomic E-state index is 0.306. The van der Waals surface area contributed by atoms with Gasteiger partial charge in [-0.2, -0.15) is 0 Å². The first-order valence-electron chi connectivity index (χ1n) is 8.31. The topological polar surface area (TPSA) is 35.5 Å². The lowest BCUT2D eigenvalue weighted by atomic mass is 9.98. The van der Waals surface area contributed by atoms with E-state index >= 15 is 0 Å². The maximum atomic E-state index is 11.6. The van der Waals surface area contributed by atoms with Crippen LogP contribution >= 0.6 is 0 Å². The summed E-state index contributed by atoms with van der Waals surface area (Å²) in [4.78, 5) is 11.6. The predicted molar refractivity (Wildman–Crippen MR) is 90.1 cm³/mol. The Labute approximate surface area is 137 Å². The normalized spacial score (nSPS) is 14.7. The molecule has 0 aromatic heterocycles. The minimum Gasteiger partial charge on any atom is -0.462 e. The molecule has 1 saturated carbocycles. The van der Waals surface area contributed by atoms with Gasteiger partial charge in [-0.05, 0) is 67.6 Å². The highest BCUT2D eigenvalue weighted by Gasteiger charge is 2.16. The molecular weight excluding hydrogens is 288 g/mol. The number of carbonyl (C=O) groups is 1. The maximum absolute atomic E-state index is 11.6. The first-order chi connectivity index (χ1) is 11.3. The molecular formula is C20H22O3. The van der Waals surface area contributed by atoms with E-state index in [-0.39, 0.29) is 5.97 Å². The van der Waals surface area contributed by atoms with Gasteiger partial charge in [0.1, 0.15) is 11.5 Å². The first kappa shape index (κ1) is 15.6. The van der Waals surface area contributed by atoms with Crippen LogP contribution in [0.4, 0.5) is 0 Å². The molecule has 23 heavy (non-hydrogen) atoms. The monoisotopic (exact) mass is 310 g/mol. The molecule has 2 aromatic carbocycles. The van der Waals surface area contributed by atoms with Crippen LogP contribution in [0.2, 0.25) is 0 Å². The molecule has 0 radical (unpaired) electrons. The van der Waals surface area contributed by atoms with E-state index in [1.165, 1.54) is 31.2 Å². The molecule has 3 rings (SSSR count). The van der Waals surface area contributed by atoms with E-state index in [1.54, 1.807) is 31.2 Å². The van der Waals surface area contributed by atoms with E-state index < -0.39 is 0 Å². The quantitative estimate of drug-likeness (QED) is 0.702. The predicted octanol–water partition coefficient (Wildman–Crippen LogP) is 5.31. The van der Waals surface area contributed by atoms with Gasteiger partial charge in [0.2, 0.25) is 0 Å². The molecule has 0 spiro atoms. The zero-order valence-corrected chi connectivity index (χ0v) is 13.5. The third kappa shape index (κ3) is 3.92. The molecule has 0 saturated heterocycles. The van der Waals surface area contributed by atoms with Crippen molar-refractivity contribution in [3.05, 3.63) is 59.7 Å². The molecule has 0 heterocycles. The fourth-order valence-corrected chi connectivity index (χ4v) is 3.08. The number of hydrogen-bond acceptors (Lipinski definition) is 3. The van der Waals surface area contributed by atoms with Crippen LogP contribution in [0.15, 0.2) is 48.5 Å². The lowest BCUT2D eigenvalue weighted by molar-refractivity contribution is 0.0526. The van der Waals surface area contributed by atoms with Gasteiger partial charge >= 0.3 is 5.97 Å². The molecule has 0 amide bonds. The van der Waals surface area contributed by atoms with E-state index in [1.807, 2.05) is 12.1 Å². The zero-order chi connectivity index (χ0) is 16.1.